The summed E-state index contributed by atoms with van der Waals surface area (Å²) in [5.74, 6) is 1.01. The van der Waals surface area contributed by atoms with E-state index < -0.39 is 0 Å². The smallest absolute Gasteiger partial charge is 0.319 e. The van der Waals surface area contributed by atoms with Crippen LogP contribution in [0.15, 0.2) is 66.7 Å². The fourth-order valence-corrected chi connectivity index (χ4v) is 3.83. The van der Waals surface area contributed by atoms with E-state index in [0.717, 1.165) is 12.1 Å². The third kappa shape index (κ3) is 6.45. The lowest BCUT2D eigenvalue weighted by Crippen LogP contribution is -2.34. The number of nitrogens with one attached hydrogen (secondary N) is 3. The summed E-state index contributed by atoms with van der Waals surface area (Å²) in [5, 5.41) is 8.74. The van der Waals surface area contributed by atoms with Gasteiger partial charge in [-0.1, -0.05) is 24.3 Å². The first-order valence-corrected chi connectivity index (χ1v) is 11.8. The van der Waals surface area contributed by atoms with Crippen LogP contribution in [-0.4, -0.2) is 50.7 Å². The van der Waals surface area contributed by atoms with Crippen LogP contribution in [0.3, 0.4) is 0 Å². The molecule has 0 saturated heterocycles. The van der Waals surface area contributed by atoms with E-state index in [1.807, 2.05) is 38.4 Å². The van der Waals surface area contributed by atoms with Gasteiger partial charge in [-0.25, -0.2) is 4.79 Å². The number of nitrogen functional groups attached to an aromatic ring is 1. The zero-order valence-electron chi connectivity index (χ0n) is 20.4. The number of para-hydroxylation sites is 2. The maximum absolute atomic E-state index is 12.8. The summed E-state index contributed by atoms with van der Waals surface area (Å²) in [6.07, 6.45) is 0.688. The molecular weight excluding hydrogens is 458 g/mol. The number of hydrogen-bond donors (Lipinski definition) is 4. The maximum Gasteiger partial charge on any atom is 0.319 e. The summed E-state index contributed by atoms with van der Waals surface area (Å²) >= 11 is 0. The molecule has 0 spiro atoms. The van der Waals surface area contributed by atoms with Crippen LogP contribution in [0, 0.1) is 0 Å². The first-order valence-electron chi connectivity index (χ1n) is 11.8. The van der Waals surface area contributed by atoms with E-state index >= 15 is 0 Å². The van der Waals surface area contributed by atoms with Crippen molar-refractivity contribution in [2.24, 2.45) is 0 Å². The van der Waals surface area contributed by atoms with Crippen molar-refractivity contribution in [1.29, 1.82) is 0 Å². The molecule has 0 radical (unpaired) electrons. The number of hydrogen-bond acceptors (Lipinski definition) is 6. The summed E-state index contributed by atoms with van der Waals surface area (Å²) in [4.78, 5) is 27.6. The van der Waals surface area contributed by atoms with Crippen molar-refractivity contribution < 1.29 is 19.1 Å². The Morgan fingerprint density at radius 1 is 0.944 bits per heavy atom. The molecule has 3 aromatic rings. The SMILES string of the molecule is CN(C)CCC(NC(=O)Nc1ccc2c(c1)OCCO2)c1ccc(C(=O)Nc2ccccc2N)cc1. The first kappa shape index (κ1) is 24.9. The van der Waals surface area contributed by atoms with Crippen molar-refractivity contribution >= 4 is 29.0 Å². The fourth-order valence-electron chi connectivity index (χ4n) is 3.83. The van der Waals surface area contributed by atoms with Gasteiger partial charge in [0.15, 0.2) is 11.5 Å². The molecule has 9 nitrogen and oxygen atoms in total. The fraction of sp³-hybridized carbons (Fsp3) is 0.259. The lowest BCUT2D eigenvalue weighted by molar-refractivity contribution is 0.102. The highest BCUT2D eigenvalue weighted by atomic mass is 16.6. The molecule has 36 heavy (non-hydrogen) atoms. The minimum atomic E-state index is -0.336. The number of nitrogens with two attached hydrogens (primary N) is 1. The predicted molar refractivity (Wildman–Crippen MR) is 141 cm³/mol. The summed E-state index contributed by atoms with van der Waals surface area (Å²) in [6, 6.07) is 19.0. The molecule has 1 unspecified atom stereocenters. The van der Waals surface area contributed by atoms with E-state index in [9.17, 15) is 9.59 Å². The van der Waals surface area contributed by atoms with Gasteiger partial charge in [-0.05, 0) is 69.0 Å². The van der Waals surface area contributed by atoms with Crippen LogP contribution >= 0.6 is 0 Å². The molecule has 188 valence electrons. The molecule has 0 aromatic heterocycles. The number of amides is 3. The van der Waals surface area contributed by atoms with Crippen LogP contribution < -0.4 is 31.2 Å². The van der Waals surface area contributed by atoms with Crippen LogP contribution in [0.4, 0.5) is 21.9 Å². The molecule has 0 fully saturated rings. The van der Waals surface area contributed by atoms with Crippen molar-refractivity contribution in [3.05, 3.63) is 77.9 Å². The summed E-state index contributed by atoms with van der Waals surface area (Å²) in [6.45, 7) is 1.75. The third-order valence-corrected chi connectivity index (χ3v) is 5.75. The zero-order valence-corrected chi connectivity index (χ0v) is 20.4. The highest BCUT2D eigenvalue weighted by Crippen LogP contribution is 2.32. The topological polar surface area (TPSA) is 118 Å². The van der Waals surface area contributed by atoms with Gasteiger partial charge in [-0.2, -0.15) is 0 Å². The molecule has 5 N–H and O–H groups in total. The molecule has 0 bridgehead atoms. The molecule has 1 aliphatic rings. The van der Waals surface area contributed by atoms with Crippen LogP contribution in [0.5, 0.6) is 11.5 Å². The second kappa shape index (κ2) is 11.5. The first-order chi connectivity index (χ1) is 17.4. The van der Waals surface area contributed by atoms with Gasteiger partial charge in [-0.3, -0.25) is 4.79 Å². The van der Waals surface area contributed by atoms with E-state index in [-0.39, 0.29) is 18.0 Å². The van der Waals surface area contributed by atoms with E-state index in [4.69, 9.17) is 15.2 Å². The van der Waals surface area contributed by atoms with Gasteiger partial charge in [-0.15, -0.1) is 0 Å². The average Bonchev–Trinajstić information content (AvgIpc) is 2.88. The minimum absolute atomic E-state index is 0.256. The molecule has 4 rings (SSSR count). The molecule has 3 aromatic carbocycles. The predicted octanol–water partition coefficient (Wildman–Crippen LogP) is 4.11. The van der Waals surface area contributed by atoms with Crippen LogP contribution in [-0.2, 0) is 0 Å². The van der Waals surface area contributed by atoms with Crippen molar-refractivity contribution in [3.8, 4) is 11.5 Å². The highest BCUT2D eigenvalue weighted by Gasteiger charge is 2.18. The lowest BCUT2D eigenvalue weighted by atomic mass is 10.0. The van der Waals surface area contributed by atoms with Crippen LogP contribution in [0.1, 0.15) is 28.4 Å². The largest absolute Gasteiger partial charge is 0.486 e. The molecular formula is C27H31N5O4. The Balaban J connectivity index is 1.43. The number of urea groups is 1. The number of carbonyl (C=O) groups is 2. The van der Waals surface area contributed by atoms with Gasteiger partial charge in [0.2, 0.25) is 0 Å². The average molecular weight is 490 g/mol. The molecule has 1 aliphatic heterocycles. The van der Waals surface area contributed by atoms with E-state index in [1.165, 1.54) is 0 Å². The second-order valence-electron chi connectivity index (χ2n) is 8.76. The summed E-state index contributed by atoms with van der Waals surface area (Å²) in [7, 11) is 3.96. The zero-order chi connectivity index (χ0) is 25.5. The monoisotopic (exact) mass is 489 g/mol. The van der Waals surface area contributed by atoms with E-state index in [1.54, 1.807) is 42.5 Å². The van der Waals surface area contributed by atoms with Crippen molar-refractivity contribution in [3.63, 3.8) is 0 Å². The normalized spacial score (nSPS) is 13.1. The van der Waals surface area contributed by atoms with E-state index in [0.29, 0.717) is 53.8 Å². The van der Waals surface area contributed by atoms with Crippen LogP contribution in [0.2, 0.25) is 0 Å². The van der Waals surface area contributed by atoms with Gasteiger partial charge < -0.3 is 36.1 Å². The molecule has 3 amide bonds. The Hall–Kier alpha value is -4.24. The quantitative estimate of drug-likeness (QED) is 0.354. The maximum atomic E-state index is 12.8. The van der Waals surface area contributed by atoms with Crippen molar-refractivity contribution in [2.45, 2.75) is 12.5 Å². The number of carbonyl (C=O) groups excluding carboxylic acids is 2. The molecule has 1 heterocycles. The number of rotatable bonds is 8. The molecule has 0 aliphatic carbocycles. The van der Waals surface area contributed by atoms with E-state index in [2.05, 4.69) is 20.9 Å². The Kier molecular flexibility index (Phi) is 7.92. The Morgan fingerprint density at radius 3 is 2.39 bits per heavy atom. The molecule has 9 heteroatoms. The van der Waals surface area contributed by atoms with Crippen molar-refractivity contribution in [2.75, 3.05) is 50.2 Å². The number of ether oxygens (including phenoxy) is 2. The Labute approximate surface area is 210 Å². The summed E-state index contributed by atoms with van der Waals surface area (Å²) in [5.41, 5.74) is 8.98. The van der Waals surface area contributed by atoms with Gasteiger partial charge in [0.25, 0.3) is 5.91 Å². The van der Waals surface area contributed by atoms with Crippen molar-refractivity contribution in [1.82, 2.24) is 10.2 Å². The number of nitrogens with zero attached hydrogens (tertiary/aromatic N) is 1. The third-order valence-electron chi connectivity index (χ3n) is 5.75. The van der Waals surface area contributed by atoms with Gasteiger partial charge >= 0.3 is 6.03 Å². The lowest BCUT2D eigenvalue weighted by Gasteiger charge is -2.22. The Morgan fingerprint density at radius 2 is 1.67 bits per heavy atom. The molecule has 1 atom stereocenters. The van der Waals surface area contributed by atoms with Crippen LogP contribution in [0.25, 0.3) is 0 Å². The number of benzene rings is 3. The highest BCUT2D eigenvalue weighted by molar-refractivity contribution is 6.05. The molecule has 0 saturated carbocycles. The number of fused-ring (bicyclic) bond motifs is 1. The number of anilines is 3. The van der Waals surface area contributed by atoms with Gasteiger partial charge in [0, 0.05) is 17.3 Å². The second-order valence-corrected chi connectivity index (χ2v) is 8.76. The Bertz CT molecular complexity index is 1210. The summed E-state index contributed by atoms with van der Waals surface area (Å²) < 4.78 is 11.1. The standard InChI is InChI=1S/C27H31N5O4/c1-32(2)14-13-22(31-27(34)29-20-11-12-24-25(17-20)36-16-15-35-24)18-7-9-19(10-8-18)26(33)30-23-6-4-3-5-21(23)28/h3-12,17,22H,13-16,28H2,1-2H3,(H,30,33)(H2,29,31,34). The van der Waals surface area contributed by atoms with Gasteiger partial charge in [0.1, 0.15) is 13.2 Å². The van der Waals surface area contributed by atoms with Gasteiger partial charge in [0.05, 0.1) is 17.4 Å². The minimum Gasteiger partial charge on any atom is -0.486 e.